The summed E-state index contributed by atoms with van der Waals surface area (Å²) in [6.07, 6.45) is 6.53. The van der Waals surface area contributed by atoms with Gasteiger partial charge in [0.05, 0.1) is 12.2 Å². The quantitative estimate of drug-likeness (QED) is 0.893. The number of benzene rings is 1. The summed E-state index contributed by atoms with van der Waals surface area (Å²) >= 11 is 6.27. The van der Waals surface area contributed by atoms with Gasteiger partial charge in [0.25, 0.3) is 0 Å². The highest BCUT2D eigenvalue weighted by molar-refractivity contribution is 6.30. The second kappa shape index (κ2) is 6.56. The van der Waals surface area contributed by atoms with Gasteiger partial charge in [-0.25, -0.2) is 9.97 Å². The molecule has 25 heavy (non-hydrogen) atoms. The van der Waals surface area contributed by atoms with Gasteiger partial charge in [-0.05, 0) is 49.4 Å². The van der Waals surface area contributed by atoms with E-state index in [9.17, 15) is 0 Å². The van der Waals surface area contributed by atoms with E-state index in [0.717, 1.165) is 49.5 Å². The van der Waals surface area contributed by atoms with Crippen molar-refractivity contribution in [3.8, 4) is 0 Å². The van der Waals surface area contributed by atoms with Gasteiger partial charge < -0.3 is 10.5 Å². The van der Waals surface area contributed by atoms with Crippen LogP contribution in [-0.2, 0) is 23.3 Å². The monoisotopic (exact) mass is 358 g/mol. The maximum atomic E-state index is 6.35. The van der Waals surface area contributed by atoms with Crippen molar-refractivity contribution in [2.45, 2.75) is 44.4 Å². The molecule has 0 amide bonds. The summed E-state index contributed by atoms with van der Waals surface area (Å²) in [5, 5.41) is 0.790. The molecule has 0 saturated carbocycles. The van der Waals surface area contributed by atoms with Crippen molar-refractivity contribution in [3.63, 3.8) is 0 Å². The predicted octanol–water partition coefficient (Wildman–Crippen LogP) is 3.16. The molecule has 5 nitrogen and oxygen atoms in total. The van der Waals surface area contributed by atoms with Crippen LogP contribution in [-0.4, -0.2) is 34.1 Å². The Labute approximate surface area is 153 Å². The number of nitrogens with zero attached hydrogens (tertiary/aromatic N) is 3. The maximum Gasteiger partial charge on any atom is 0.219 e. The zero-order valence-electron chi connectivity index (χ0n) is 14.4. The Kier molecular flexibility index (Phi) is 4.40. The number of anilines is 1. The van der Waals surface area contributed by atoms with E-state index in [2.05, 4.69) is 33.9 Å². The molecule has 0 radical (unpaired) electrons. The van der Waals surface area contributed by atoms with Gasteiger partial charge in [-0.3, -0.25) is 4.90 Å². The average molecular weight is 359 g/mol. The van der Waals surface area contributed by atoms with Crippen LogP contribution in [0.5, 0.6) is 0 Å². The SMILES string of the molecule is C[C@H]1CC2(CCN1Cc1cnc(N)nc1)OCCc1ccc(Cl)cc12. The van der Waals surface area contributed by atoms with Crippen LogP contribution < -0.4 is 5.73 Å². The second-order valence-corrected chi connectivity index (χ2v) is 7.55. The van der Waals surface area contributed by atoms with Crippen LogP contribution in [0.3, 0.4) is 0 Å². The van der Waals surface area contributed by atoms with E-state index in [1.807, 2.05) is 18.5 Å². The lowest BCUT2D eigenvalue weighted by Gasteiger charge is -2.48. The molecule has 2 aliphatic heterocycles. The Morgan fingerprint density at radius 1 is 1.36 bits per heavy atom. The van der Waals surface area contributed by atoms with Gasteiger partial charge >= 0.3 is 0 Å². The van der Waals surface area contributed by atoms with E-state index in [1.54, 1.807) is 0 Å². The number of hydrogen-bond donors (Lipinski definition) is 1. The third-order valence-electron chi connectivity index (χ3n) is 5.47. The molecular weight excluding hydrogens is 336 g/mol. The van der Waals surface area contributed by atoms with E-state index in [1.165, 1.54) is 11.1 Å². The molecular formula is C19H23ClN4O. The smallest absolute Gasteiger partial charge is 0.219 e. The normalized spacial score (nSPS) is 26.6. The summed E-state index contributed by atoms with van der Waals surface area (Å²) < 4.78 is 6.35. The summed E-state index contributed by atoms with van der Waals surface area (Å²) in [4.78, 5) is 10.6. The number of ether oxygens (including phenoxy) is 1. The zero-order chi connectivity index (χ0) is 17.4. The number of aromatic nitrogens is 2. The minimum atomic E-state index is -0.202. The fourth-order valence-corrected chi connectivity index (χ4v) is 4.34. The maximum absolute atomic E-state index is 6.35. The fraction of sp³-hybridized carbons (Fsp3) is 0.474. The summed E-state index contributed by atoms with van der Waals surface area (Å²) in [6.45, 7) is 4.85. The number of fused-ring (bicyclic) bond motifs is 2. The van der Waals surface area contributed by atoms with Crippen LogP contribution in [0.25, 0.3) is 0 Å². The Bertz CT molecular complexity index is 767. The first-order valence-electron chi connectivity index (χ1n) is 8.79. The van der Waals surface area contributed by atoms with Crippen LogP contribution in [0.15, 0.2) is 30.6 Å². The van der Waals surface area contributed by atoms with Gasteiger partial charge in [-0.1, -0.05) is 17.7 Å². The molecule has 0 aliphatic carbocycles. The largest absolute Gasteiger partial charge is 0.370 e. The fourth-order valence-electron chi connectivity index (χ4n) is 4.17. The van der Waals surface area contributed by atoms with E-state index in [-0.39, 0.29) is 5.60 Å². The molecule has 1 saturated heterocycles. The molecule has 4 rings (SSSR count). The highest BCUT2D eigenvalue weighted by Crippen LogP contribution is 2.44. The third kappa shape index (κ3) is 3.24. The molecule has 1 aromatic heterocycles. The number of nitrogens with two attached hydrogens (primary N) is 1. The van der Waals surface area contributed by atoms with Crippen LogP contribution in [0.2, 0.25) is 5.02 Å². The zero-order valence-corrected chi connectivity index (χ0v) is 15.2. The molecule has 2 atom stereocenters. The van der Waals surface area contributed by atoms with Gasteiger partial charge in [0, 0.05) is 42.1 Å². The Morgan fingerprint density at radius 3 is 2.92 bits per heavy atom. The van der Waals surface area contributed by atoms with Crippen LogP contribution >= 0.6 is 11.6 Å². The Morgan fingerprint density at radius 2 is 2.16 bits per heavy atom. The van der Waals surface area contributed by atoms with Crippen molar-refractivity contribution in [3.05, 3.63) is 52.3 Å². The first-order valence-corrected chi connectivity index (χ1v) is 9.17. The van der Waals surface area contributed by atoms with Crippen molar-refractivity contribution in [2.75, 3.05) is 18.9 Å². The number of nitrogen functional groups attached to an aromatic ring is 1. The number of likely N-dealkylation sites (tertiary alicyclic amines) is 1. The number of hydrogen-bond acceptors (Lipinski definition) is 5. The molecule has 1 fully saturated rings. The van der Waals surface area contributed by atoms with Crippen molar-refractivity contribution >= 4 is 17.5 Å². The molecule has 3 heterocycles. The topological polar surface area (TPSA) is 64.3 Å². The van der Waals surface area contributed by atoms with Crippen molar-refractivity contribution in [1.29, 1.82) is 0 Å². The van der Waals surface area contributed by atoms with Crippen LogP contribution in [0.4, 0.5) is 5.95 Å². The lowest BCUT2D eigenvalue weighted by Crippen LogP contribution is -2.50. The average Bonchev–Trinajstić information content (AvgIpc) is 2.60. The molecule has 132 valence electrons. The molecule has 0 bridgehead atoms. The summed E-state index contributed by atoms with van der Waals surface area (Å²) in [5.74, 6) is 0.318. The van der Waals surface area contributed by atoms with Gasteiger partial charge in [0.2, 0.25) is 5.95 Å². The van der Waals surface area contributed by atoms with Crippen LogP contribution in [0, 0.1) is 0 Å². The molecule has 2 aromatic rings. The minimum Gasteiger partial charge on any atom is -0.370 e. The number of rotatable bonds is 2. The van der Waals surface area contributed by atoms with Crippen molar-refractivity contribution in [1.82, 2.24) is 14.9 Å². The van der Waals surface area contributed by atoms with Crippen LogP contribution in [0.1, 0.15) is 36.5 Å². The molecule has 1 spiro atoms. The Hall–Kier alpha value is -1.69. The van der Waals surface area contributed by atoms with E-state index < -0.39 is 0 Å². The molecule has 1 aromatic carbocycles. The highest BCUT2D eigenvalue weighted by Gasteiger charge is 2.43. The van der Waals surface area contributed by atoms with Gasteiger partial charge in [-0.15, -0.1) is 0 Å². The molecule has 6 heteroatoms. The second-order valence-electron chi connectivity index (χ2n) is 7.12. The Balaban J connectivity index is 1.54. The van der Waals surface area contributed by atoms with E-state index in [0.29, 0.717) is 12.0 Å². The van der Waals surface area contributed by atoms with Gasteiger partial charge in [0.15, 0.2) is 0 Å². The van der Waals surface area contributed by atoms with Crippen molar-refractivity contribution in [2.24, 2.45) is 0 Å². The molecule has 2 N–H and O–H groups in total. The lowest BCUT2D eigenvalue weighted by molar-refractivity contribution is -0.113. The van der Waals surface area contributed by atoms with E-state index in [4.69, 9.17) is 22.1 Å². The van der Waals surface area contributed by atoms with Crippen molar-refractivity contribution < 1.29 is 4.74 Å². The first kappa shape index (κ1) is 16.8. The predicted molar refractivity (Wildman–Crippen MR) is 98.3 cm³/mol. The standard InChI is InChI=1S/C19H23ClN4O/c1-13-9-19(17-8-16(20)3-2-15(17)4-7-25-19)5-6-24(13)12-14-10-22-18(21)23-11-14/h2-3,8,10-11,13H,4-7,9,12H2,1H3,(H2,21,22,23)/t13-,19?/m0/s1. The number of halogens is 1. The number of piperidine rings is 1. The highest BCUT2D eigenvalue weighted by atomic mass is 35.5. The summed E-state index contributed by atoms with van der Waals surface area (Å²) in [6, 6.07) is 6.65. The summed E-state index contributed by atoms with van der Waals surface area (Å²) in [7, 11) is 0. The molecule has 1 unspecified atom stereocenters. The minimum absolute atomic E-state index is 0.202. The first-order chi connectivity index (χ1) is 12.1. The van der Waals surface area contributed by atoms with E-state index >= 15 is 0 Å². The molecule has 2 aliphatic rings. The van der Waals surface area contributed by atoms with Gasteiger partial charge in [-0.2, -0.15) is 0 Å². The van der Waals surface area contributed by atoms with Gasteiger partial charge in [0.1, 0.15) is 0 Å². The summed E-state index contributed by atoms with van der Waals surface area (Å²) in [5.41, 5.74) is 9.12. The third-order valence-corrected chi connectivity index (χ3v) is 5.71. The lowest BCUT2D eigenvalue weighted by atomic mass is 9.77.